The molecule has 6 heteroatoms. The molecule has 30 heavy (non-hydrogen) atoms. The van der Waals surface area contributed by atoms with Crippen LogP contribution < -0.4 is 14.8 Å². The first kappa shape index (κ1) is 21.7. The molecule has 1 saturated heterocycles. The standard InChI is InChI=1S/C24H30N2O4/c1-4-30-21-9-6-5-8-20(21)22(27)26-15-7-14-24(2,17-26)23(28)25-16-18-10-12-19(29-3)13-11-18/h5-6,8-13H,4,7,14-17H2,1-3H3,(H,25,28)/t24-/m0/s1. The molecular formula is C24H30N2O4. The zero-order chi connectivity index (χ0) is 21.6. The van der Waals surface area contributed by atoms with E-state index in [0.29, 0.717) is 37.6 Å². The number of hydrogen-bond donors (Lipinski definition) is 1. The van der Waals surface area contributed by atoms with E-state index in [9.17, 15) is 9.59 Å². The monoisotopic (exact) mass is 410 g/mol. The average Bonchev–Trinajstić information content (AvgIpc) is 2.78. The number of benzene rings is 2. The normalized spacial score (nSPS) is 18.6. The largest absolute Gasteiger partial charge is 0.497 e. The highest BCUT2D eigenvalue weighted by atomic mass is 16.5. The van der Waals surface area contributed by atoms with Crippen LogP contribution in [0.2, 0.25) is 0 Å². The van der Waals surface area contributed by atoms with Crippen LogP contribution in [0.25, 0.3) is 0 Å². The van der Waals surface area contributed by atoms with Gasteiger partial charge in [0.1, 0.15) is 11.5 Å². The number of amides is 2. The number of carbonyl (C=O) groups excluding carboxylic acids is 2. The highest BCUT2D eigenvalue weighted by molar-refractivity contribution is 5.97. The van der Waals surface area contributed by atoms with Gasteiger partial charge in [0.2, 0.25) is 5.91 Å². The van der Waals surface area contributed by atoms with Crippen LogP contribution in [0.4, 0.5) is 0 Å². The molecule has 2 aromatic carbocycles. The summed E-state index contributed by atoms with van der Waals surface area (Å²) in [5, 5.41) is 3.04. The summed E-state index contributed by atoms with van der Waals surface area (Å²) in [5.74, 6) is 1.24. The van der Waals surface area contributed by atoms with Gasteiger partial charge in [-0.3, -0.25) is 9.59 Å². The lowest BCUT2D eigenvalue weighted by Gasteiger charge is -2.39. The Morgan fingerprint density at radius 1 is 1.13 bits per heavy atom. The number of rotatable bonds is 7. The molecule has 6 nitrogen and oxygen atoms in total. The number of carbonyl (C=O) groups is 2. The Morgan fingerprint density at radius 2 is 1.87 bits per heavy atom. The van der Waals surface area contributed by atoms with Gasteiger partial charge in [-0.1, -0.05) is 24.3 Å². The Balaban J connectivity index is 1.66. The van der Waals surface area contributed by atoms with Crippen molar-refractivity contribution in [3.05, 3.63) is 59.7 Å². The van der Waals surface area contributed by atoms with Crippen LogP contribution in [0.5, 0.6) is 11.5 Å². The van der Waals surface area contributed by atoms with Crippen LogP contribution in [-0.2, 0) is 11.3 Å². The third kappa shape index (κ3) is 4.93. The van der Waals surface area contributed by atoms with Crippen molar-refractivity contribution in [3.8, 4) is 11.5 Å². The number of piperidine rings is 1. The third-order valence-electron chi connectivity index (χ3n) is 5.56. The van der Waals surface area contributed by atoms with Gasteiger partial charge < -0.3 is 19.7 Å². The molecule has 0 radical (unpaired) electrons. The number of nitrogens with one attached hydrogen (secondary N) is 1. The van der Waals surface area contributed by atoms with Gasteiger partial charge in [0, 0.05) is 19.6 Å². The van der Waals surface area contributed by atoms with E-state index in [2.05, 4.69) is 5.32 Å². The van der Waals surface area contributed by atoms with Crippen molar-refractivity contribution in [2.45, 2.75) is 33.2 Å². The van der Waals surface area contributed by atoms with Crippen LogP contribution in [0.1, 0.15) is 42.6 Å². The Hall–Kier alpha value is -3.02. The van der Waals surface area contributed by atoms with Crippen LogP contribution in [0.15, 0.2) is 48.5 Å². The van der Waals surface area contributed by atoms with Gasteiger partial charge in [-0.25, -0.2) is 0 Å². The van der Waals surface area contributed by atoms with Crippen molar-refractivity contribution in [1.82, 2.24) is 10.2 Å². The maximum atomic E-state index is 13.1. The fraction of sp³-hybridized carbons (Fsp3) is 0.417. The summed E-state index contributed by atoms with van der Waals surface area (Å²) in [7, 11) is 1.63. The maximum absolute atomic E-state index is 13.1. The number of ether oxygens (including phenoxy) is 2. The van der Waals surface area contributed by atoms with E-state index in [1.54, 1.807) is 24.1 Å². The summed E-state index contributed by atoms with van der Waals surface area (Å²) in [6.45, 7) is 5.80. The maximum Gasteiger partial charge on any atom is 0.257 e. The van der Waals surface area contributed by atoms with Crippen LogP contribution in [0.3, 0.4) is 0 Å². The molecule has 1 atom stereocenters. The minimum absolute atomic E-state index is 0.0334. The van der Waals surface area contributed by atoms with E-state index in [1.165, 1.54) is 0 Å². The van der Waals surface area contributed by atoms with Crippen molar-refractivity contribution in [2.75, 3.05) is 26.8 Å². The molecule has 1 aliphatic rings. The lowest BCUT2D eigenvalue weighted by molar-refractivity contribution is -0.132. The Bertz CT molecular complexity index is 881. The van der Waals surface area contributed by atoms with E-state index in [4.69, 9.17) is 9.47 Å². The molecule has 160 valence electrons. The summed E-state index contributed by atoms with van der Waals surface area (Å²) in [4.78, 5) is 27.9. The second-order valence-electron chi connectivity index (χ2n) is 7.85. The first-order valence-electron chi connectivity index (χ1n) is 10.4. The van der Waals surface area contributed by atoms with Crippen molar-refractivity contribution >= 4 is 11.8 Å². The molecule has 2 amide bonds. The van der Waals surface area contributed by atoms with Gasteiger partial charge in [0.25, 0.3) is 5.91 Å². The first-order valence-corrected chi connectivity index (χ1v) is 10.4. The predicted octanol–water partition coefficient (Wildman–Crippen LogP) is 3.65. The van der Waals surface area contributed by atoms with E-state index < -0.39 is 5.41 Å². The molecule has 1 fully saturated rings. The summed E-state index contributed by atoms with van der Waals surface area (Å²) in [6.07, 6.45) is 1.54. The molecule has 1 N–H and O–H groups in total. The van der Waals surface area contributed by atoms with Gasteiger partial charge >= 0.3 is 0 Å². The van der Waals surface area contributed by atoms with E-state index in [1.807, 2.05) is 50.2 Å². The lowest BCUT2D eigenvalue weighted by Crippen LogP contribution is -2.51. The van der Waals surface area contributed by atoms with Gasteiger partial charge in [0.05, 0.1) is 24.7 Å². The van der Waals surface area contributed by atoms with E-state index in [-0.39, 0.29) is 11.8 Å². The van der Waals surface area contributed by atoms with E-state index in [0.717, 1.165) is 24.2 Å². The van der Waals surface area contributed by atoms with Crippen molar-refractivity contribution in [2.24, 2.45) is 5.41 Å². The van der Waals surface area contributed by atoms with Crippen molar-refractivity contribution in [1.29, 1.82) is 0 Å². The highest BCUT2D eigenvalue weighted by Crippen LogP contribution is 2.32. The number of hydrogen-bond acceptors (Lipinski definition) is 4. The zero-order valence-corrected chi connectivity index (χ0v) is 17.9. The molecule has 0 bridgehead atoms. The van der Waals surface area contributed by atoms with Crippen molar-refractivity contribution < 1.29 is 19.1 Å². The predicted molar refractivity (Wildman–Crippen MR) is 116 cm³/mol. The molecule has 0 aromatic heterocycles. The second kappa shape index (κ2) is 9.65. The summed E-state index contributed by atoms with van der Waals surface area (Å²) in [5.41, 5.74) is 0.922. The lowest BCUT2D eigenvalue weighted by atomic mass is 9.80. The smallest absolute Gasteiger partial charge is 0.257 e. The molecular weight excluding hydrogens is 380 g/mol. The first-order chi connectivity index (χ1) is 14.5. The number of nitrogens with zero attached hydrogens (tertiary/aromatic N) is 1. The van der Waals surface area contributed by atoms with Gasteiger partial charge in [-0.15, -0.1) is 0 Å². The Morgan fingerprint density at radius 3 is 2.57 bits per heavy atom. The summed E-state index contributed by atoms with van der Waals surface area (Å²) >= 11 is 0. The number of likely N-dealkylation sites (tertiary alicyclic amines) is 1. The topological polar surface area (TPSA) is 67.9 Å². The number of para-hydroxylation sites is 1. The molecule has 2 aromatic rings. The molecule has 0 saturated carbocycles. The van der Waals surface area contributed by atoms with Gasteiger partial charge in [-0.05, 0) is 56.5 Å². The molecule has 0 aliphatic carbocycles. The molecule has 3 rings (SSSR count). The Labute approximate surface area is 178 Å². The van der Waals surface area contributed by atoms with E-state index >= 15 is 0 Å². The van der Waals surface area contributed by atoms with Crippen LogP contribution in [-0.4, -0.2) is 43.5 Å². The third-order valence-corrected chi connectivity index (χ3v) is 5.56. The quantitative estimate of drug-likeness (QED) is 0.757. The Kier molecular flexibility index (Phi) is 6.98. The SMILES string of the molecule is CCOc1ccccc1C(=O)N1CCC[C@](C)(C(=O)NCc2ccc(OC)cc2)C1. The zero-order valence-electron chi connectivity index (χ0n) is 17.9. The molecule has 0 spiro atoms. The number of methoxy groups -OCH3 is 1. The van der Waals surface area contributed by atoms with Crippen LogP contribution >= 0.6 is 0 Å². The minimum Gasteiger partial charge on any atom is -0.497 e. The van der Waals surface area contributed by atoms with Gasteiger partial charge in [-0.2, -0.15) is 0 Å². The molecule has 1 heterocycles. The fourth-order valence-corrected chi connectivity index (χ4v) is 3.83. The highest BCUT2D eigenvalue weighted by Gasteiger charge is 2.39. The average molecular weight is 411 g/mol. The second-order valence-corrected chi connectivity index (χ2v) is 7.85. The molecule has 1 aliphatic heterocycles. The summed E-state index contributed by atoms with van der Waals surface area (Å²) in [6, 6.07) is 14.9. The molecule has 0 unspecified atom stereocenters. The summed E-state index contributed by atoms with van der Waals surface area (Å²) < 4.78 is 10.8. The fourth-order valence-electron chi connectivity index (χ4n) is 3.83. The minimum atomic E-state index is -0.624. The van der Waals surface area contributed by atoms with Gasteiger partial charge in [0.15, 0.2) is 0 Å². The van der Waals surface area contributed by atoms with Crippen molar-refractivity contribution in [3.63, 3.8) is 0 Å². The van der Waals surface area contributed by atoms with Crippen LogP contribution in [0, 0.1) is 5.41 Å².